The molecule has 0 amide bonds. The predicted octanol–water partition coefficient (Wildman–Crippen LogP) is 2.35. The lowest BCUT2D eigenvalue weighted by Gasteiger charge is -2.24. The zero-order valence-electron chi connectivity index (χ0n) is 13.4. The average Bonchev–Trinajstić information content (AvgIpc) is 2.54. The fourth-order valence-electron chi connectivity index (χ4n) is 2.93. The lowest BCUT2D eigenvalue weighted by molar-refractivity contribution is 0.111. The number of aliphatic hydroxyl groups is 1. The van der Waals surface area contributed by atoms with Crippen LogP contribution in [0, 0.1) is 17.8 Å². The zero-order chi connectivity index (χ0) is 14.3. The van der Waals surface area contributed by atoms with E-state index in [1.807, 2.05) is 0 Å². The first-order valence-corrected chi connectivity index (χ1v) is 8.10. The lowest BCUT2D eigenvalue weighted by atomic mass is 9.89. The molecule has 1 saturated heterocycles. The van der Waals surface area contributed by atoms with E-state index in [1.54, 1.807) is 0 Å². The molecule has 2 N–H and O–H groups in total. The molecule has 0 aromatic heterocycles. The maximum Gasteiger partial charge on any atom is 0.0791 e. The molecule has 3 nitrogen and oxygen atoms in total. The second-order valence-corrected chi connectivity index (χ2v) is 6.94. The molecule has 0 aliphatic carbocycles. The number of aliphatic hydroxyl groups excluding tert-OH is 1. The van der Waals surface area contributed by atoms with Crippen molar-refractivity contribution in [1.29, 1.82) is 0 Å². The standard InChI is InChI=1S/C16H34N2O/c1-13(2)10-17-11-16(19)12-18-8-5-6-15(7-9-18)14(3)4/h13-17,19H,5-12H2,1-4H3. The largest absolute Gasteiger partial charge is 0.390 e. The van der Waals surface area contributed by atoms with E-state index in [4.69, 9.17) is 0 Å². The first-order valence-electron chi connectivity index (χ1n) is 8.10. The summed E-state index contributed by atoms with van der Waals surface area (Å²) in [6.07, 6.45) is 3.71. The van der Waals surface area contributed by atoms with E-state index in [0.717, 1.165) is 44.6 Å². The SMILES string of the molecule is CC(C)CNCC(O)CN1CCCC(C(C)C)CC1. The third kappa shape index (κ3) is 7.28. The molecule has 0 aromatic rings. The van der Waals surface area contributed by atoms with Gasteiger partial charge in [-0.15, -0.1) is 0 Å². The van der Waals surface area contributed by atoms with Crippen molar-refractivity contribution in [3.63, 3.8) is 0 Å². The van der Waals surface area contributed by atoms with Crippen LogP contribution in [0.3, 0.4) is 0 Å². The minimum atomic E-state index is -0.227. The number of rotatable bonds is 7. The molecule has 0 radical (unpaired) electrons. The van der Waals surface area contributed by atoms with Gasteiger partial charge in [0, 0.05) is 13.1 Å². The van der Waals surface area contributed by atoms with Gasteiger partial charge in [-0.3, -0.25) is 0 Å². The van der Waals surface area contributed by atoms with Crippen molar-refractivity contribution >= 4 is 0 Å². The fourth-order valence-corrected chi connectivity index (χ4v) is 2.93. The van der Waals surface area contributed by atoms with Gasteiger partial charge in [-0.1, -0.05) is 27.7 Å². The first kappa shape index (κ1) is 16.9. The van der Waals surface area contributed by atoms with Crippen molar-refractivity contribution < 1.29 is 5.11 Å². The molecular formula is C16H34N2O. The fraction of sp³-hybridized carbons (Fsp3) is 1.00. The van der Waals surface area contributed by atoms with E-state index >= 15 is 0 Å². The third-order valence-electron chi connectivity index (χ3n) is 4.21. The molecule has 19 heavy (non-hydrogen) atoms. The van der Waals surface area contributed by atoms with Crippen LogP contribution in [0.2, 0.25) is 0 Å². The van der Waals surface area contributed by atoms with Gasteiger partial charge in [-0.2, -0.15) is 0 Å². The summed E-state index contributed by atoms with van der Waals surface area (Å²) in [6, 6.07) is 0. The van der Waals surface area contributed by atoms with Crippen LogP contribution >= 0.6 is 0 Å². The summed E-state index contributed by atoms with van der Waals surface area (Å²) in [5.74, 6) is 2.33. The molecule has 2 unspecified atom stereocenters. The number of hydrogen-bond donors (Lipinski definition) is 2. The van der Waals surface area contributed by atoms with Crippen molar-refractivity contribution in [3.8, 4) is 0 Å². The summed E-state index contributed by atoms with van der Waals surface area (Å²) in [5.41, 5.74) is 0. The monoisotopic (exact) mass is 270 g/mol. The minimum absolute atomic E-state index is 0.227. The van der Waals surface area contributed by atoms with Gasteiger partial charge in [0.1, 0.15) is 0 Å². The van der Waals surface area contributed by atoms with Gasteiger partial charge < -0.3 is 15.3 Å². The molecule has 0 saturated carbocycles. The van der Waals surface area contributed by atoms with E-state index < -0.39 is 0 Å². The predicted molar refractivity (Wildman–Crippen MR) is 82.3 cm³/mol. The van der Waals surface area contributed by atoms with Crippen molar-refractivity contribution in [2.45, 2.75) is 53.1 Å². The Bertz CT molecular complexity index is 231. The van der Waals surface area contributed by atoms with Gasteiger partial charge in [0.15, 0.2) is 0 Å². The third-order valence-corrected chi connectivity index (χ3v) is 4.21. The van der Waals surface area contributed by atoms with Crippen LogP contribution in [-0.4, -0.2) is 48.8 Å². The number of likely N-dealkylation sites (tertiary alicyclic amines) is 1. The minimum Gasteiger partial charge on any atom is -0.390 e. The van der Waals surface area contributed by atoms with Gasteiger partial charge in [-0.05, 0) is 56.7 Å². The first-order chi connectivity index (χ1) is 8.99. The van der Waals surface area contributed by atoms with Gasteiger partial charge in [0.2, 0.25) is 0 Å². The Morgan fingerprint density at radius 3 is 2.47 bits per heavy atom. The molecule has 0 spiro atoms. The molecule has 3 heteroatoms. The number of nitrogens with zero attached hydrogens (tertiary/aromatic N) is 1. The number of hydrogen-bond acceptors (Lipinski definition) is 3. The van der Waals surface area contributed by atoms with Crippen LogP contribution in [0.15, 0.2) is 0 Å². The van der Waals surface area contributed by atoms with Crippen LogP contribution in [0.5, 0.6) is 0 Å². The van der Waals surface area contributed by atoms with Crippen molar-refractivity contribution in [3.05, 3.63) is 0 Å². The Morgan fingerprint density at radius 2 is 1.84 bits per heavy atom. The summed E-state index contributed by atoms with van der Waals surface area (Å²) in [5, 5.41) is 13.4. The smallest absolute Gasteiger partial charge is 0.0791 e. The molecule has 0 bridgehead atoms. The highest BCUT2D eigenvalue weighted by molar-refractivity contribution is 4.74. The topological polar surface area (TPSA) is 35.5 Å². The number of β-amino-alcohol motifs (C(OH)–C–C–N with tert-alkyl or cyclic N) is 1. The van der Waals surface area contributed by atoms with E-state index in [-0.39, 0.29) is 6.10 Å². The van der Waals surface area contributed by atoms with Crippen LogP contribution < -0.4 is 5.32 Å². The summed E-state index contributed by atoms with van der Waals surface area (Å²) in [4.78, 5) is 2.45. The molecule has 2 atom stereocenters. The number of nitrogens with one attached hydrogen (secondary N) is 1. The lowest BCUT2D eigenvalue weighted by Crippen LogP contribution is -2.39. The maximum absolute atomic E-state index is 10.1. The van der Waals surface area contributed by atoms with E-state index in [2.05, 4.69) is 37.9 Å². The normalized spacial score (nSPS) is 23.8. The van der Waals surface area contributed by atoms with Crippen molar-refractivity contribution in [2.24, 2.45) is 17.8 Å². The quantitative estimate of drug-likeness (QED) is 0.745. The Hall–Kier alpha value is -0.120. The van der Waals surface area contributed by atoms with Crippen LogP contribution in [0.25, 0.3) is 0 Å². The highest BCUT2D eigenvalue weighted by Crippen LogP contribution is 2.24. The molecule has 114 valence electrons. The molecular weight excluding hydrogens is 236 g/mol. The molecule has 1 aliphatic heterocycles. The van der Waals surface area contributed by atoms with Gasteiger partial charge >= 0.3 is 0 Å². The Morgan fingerprint density at radius 1 is 1.11 bits per heavy atom. The Balaban J connectivity index is 2.21. The molecule has 1 aliphatic rings. The molecule has 1 rings (SSSR count). The highest BCUT2D eigenvalue weighted by atomic mass is 16.3. The van der Waals surface area contributed by atoms with Crippen LogP contribution in [0.1, 0.15) is 47.0 Å². The van der Waals surface area contributed by atoms with E-state index in [9.17, 15) is 5.11 Å². The highest BCUT2D eigenvalue weighted by Gasteiger charge is 2.20. The maximum atomic E-state index is 10.1. The zero-order valence-corrected chi connectivity index (χ0v) is 13.4. The molecule has 1 heterocycles. The second kappa shape index (κ2) is 8.93. The van der Waals surface area contributed by atoms with Crippen molar-refractivity contribution in [2.75, 3.05) is 32.7 Å². The Labute approximate surface area is 119 Å². The summed E-state index contributed by atoms with van der Waals surface area (Å²) in [6.45, 7) is 13.9. The van der Waals surface area contributed by atoms with Gasteiger partial charge in [0.05, 0.1) is 6.10 Å². The van der Waals surface area contributed by atoms with Gasteiger partial charge in [0.25, 0.3) is 0 Å². The van der Waals surface area contributed by atoms with E-state index in [1.165, 1.54) is 19.3 Å². The molecule has 0 aromatic carbocycles. The second-order valence-electron chi connectivity index (χ2n) is 6.94. The van der Waals surface area contributed by atoms with Crippen LogP contribution in [-0.2, 0) is 0 Å². The molecule has 1 fully saturated rings. The van der Waals surface area contributed by atoms with Gasteiger partial charge in [-0.25, -0.2) is 0 Å². The Kier molecular flexibility index (Phi) is 7.96. The summed E-state index contributed by atoms with van der Waals surface area (Å²) < 4.78 is 0. The summed E-state index contributed by atoms with van der Waals surface area (Å²) in [7, 11) is 0. The average molecular weight is 270 g/mol. The van der Waals surface area contributed by atoms with Crippen molar-refractivity contribution in [1.82, 2.24) is 10.2 Å². The summed E-state index contributed by atoms with van der Waals surface area (Å²) >= 11 is 0. The van der Waals surface area contributed by atoms with Crippen LogP contribution in [0.4, 0.5) is 0 Å². The van der Waals surface area contributed by atoms with E-state index in [0.29, 0.717) is 5.92 Å².